The van der Waals surface area contributed by atoms with Crippen LogP contribution >= 0.6 is 0 Å². The highest BCUT2D eigenvalue weighted by molar-refractivity contribution is 5.99. The van der Waals surface area contributed by atoms with Gasteiger partial charge in [0.25, 0.3) is 5.91 Å². The number of alkyl carbamates (subject to hydrolysis) is 1. The molecule has 2 aromatic carbocycles. The third kappa shape index (κ3) is 10.9. The van der Waals surface area contributed by atoms with E-state index in [1.807, 2.05) is 13.8 Å². The van der Waals surface area contributed by atoms with Crippen LogP contribution in [0.1, 0.15) is 90.8 Å². The molecule has 0 aromatic heterocycles. The monoisotopic (exact) mass is 583 g/mol. The summed E-state index contributed by atoms with van der Waals surface area (Å²) >= 11 is 0. The molecule has 0 aliphatic rings. The first-order chi connectivity index (χ1) is 19.7. The molecule has 9 nitrogen and oxygen atoms in total. The number of hydrogen-bond acceptors (Lipinski definition) is 6. The van der Waals surface area contributed by atoms with Crippen LogP contribution in [0.2, 0.25) is 0 Å². The van der Waals surface area contributed by atoms with Crippen molar-refractivity contribution in [3.63, 3.8) is 0 Å². The summed E-state index contributed by atoms with van der Waals surface area (Å²) in [6, 6.07) is 9.94. The minimum absolute atomic E-state index is 0.0818. The Morgan fingerprint density at radius 2 is 1.67 bits per heavy atom. The number of carbonyl (C=O) groups excluding carboxylic acids is 3. The van der Waals surface area contributed by atoms with Crippen molar-refractivity contribution in [2.75, 3.05) is 19.0 Å². The average Bonchev–Trinajstić information content (AvgIpc) is 2.90. The van der Waals surface area contributed by atoms with Gasteiger partial charge in [0.15, 0.2) is 0 Å². The van der Waals surface area contributed by atoms with E-state index in [0.29, 0.717) is 42.0 Å². The van der Waals surface area contributed by atoms with Crippen molar-refractivity contribution in [1.82, 2.24) is 10.2 Å². The number of hydrogen-bond donors (Lipinski definition) is 3. The lowest BCUT2D eigenvalue weighted by Crippen LogP contribution is -2.53. The summed E-state index contributed by atoms with van der Waals surface area (Å²) in [6.07, 6.45) is 3.26. The fraction of sp³-hybridized carbons (Fsp3) is 0.545. The van der Waals surface area contributed by atoms with Crippen molar-refractivity contribution < 1.29 is 29.0 Å². The van der Waals surface area contributed by atoms with Crippen LogP contribution < -0.4 is 15.4 Å². The zero-order chi connectivity index (χ0) is 31.4. The Bertz CT molecular complexity index is 1170. The molecule has 232 valence electrons. The summed E-state index contributed by atoms with van der Waals surface area (Å²) in [7, 11) is 1.57. The van der Waals surface area contributed by atoms with Crippen LogP contribution in [-0.4, -0.2) is 53.2 Å². The van der Waals surface area contributed by atoms with Gasteiger partial charge in [-0.1, -0.05) is 46.1 Å². The number of amides is 3. The molecular weight excluding hydrogens is 534 g/mol. The standard InChI is InChI=1S/C33H49N3O6/c1-9-10-11-12-19-36(31(39)27(20-22(2)3)35-32(40)42-33(5,6)7)29(24-13-18-28(37)23(4)21-24)30(38)34-25-14-16-26(41-8)17-15-25/h13-18,21-22,27,29,37H,9-12,19-20H2,1-8H3,(H,34,38)(H,35,40). The SMILES string of the molecule is CCCCCCN(C(=O)C(CC(C)C)NC(=O)OC(C)(C)C)C(C(=O)Nc1ccc(OC)cc1)c1ccc(O)c(C)c1. The molecule has 2 unspecified atom stereocenters. The molecule has 2 rings (SSSR count). The van der Waals surface area contributed by atoms with Crippen LogP contribution in [0, 0.1) is 12.8 Å². The molecule has 9 heteroatoms. The second kappa shape index (κ2) is 16.0. The van der Waals surface area contributed by atoms with Gasteiger partial charge in [0.05, 0.1) is 7.11 Å². The fourth-order valence-corrected chi connectivity index (χ4v) is 4.62. The molecule has 2 atom stereocenters. The number of anilines is 1. The lowest BCUT2D eigenvalue weighted by atomic mass is 9.97. The van der Waals surface area contributed by atoms with Gasteiger partial charge in [0, 0.05) is 12.2 Å². The normalized spacial score (nSPS) is 12.8. The van der Waals surface area contributed by atoms with Gasteiger partial charge in [0.2, 0.25) is 5.91 Å². The number of aromatic hydroxyl groups is 1. The maximum Gasteiger partial charge on any atom is 0.408 e. The second-order valence-electron chi connectivity index (χ2n) is 12.1. The smallest absolute Gasteiger partial charge is 0.408 e. The first-order valence-corrected chi connectivity index (χ1v) is 14.8. The van der Waals surface area contributed by atoms with Crippen molar-refractivity contribution in [1.29, 1.82) is 0 Å². The maximum absolute atomic E-state index is 14.4. The molecule has 3 N–H and O–H groups in total. The van der Waals surface area contributed by atoms with E-state index in [0.717, 1.165) is 19.3 Å². The highest BCUT2D eigenvalue weighted by atomic mass is 16.6. The summed E-state index contributed by atoms with van der Waals surface area (Å²) in [6.45, 7) is 13.4. The number of rotatable bonds is 14. The molecule has 42 heavy (non-hydrogen) atoms. The van der Waals surface area contributed by atoms with Gasteiger partial charge in [-0.15, -0.1) is 0 Å². The van der Waals surface area contributed by atoms with Crippen LogP contribution in [0.4, 0.5) is 10.5 Å². The fourth-order valence-electron chi connectivity index (χ4n) is 4.62. The average molecular weight is 584 g/mol. The minimum atomic E-state index is -1.02. The Morgan fingerprint density at radius 3 is 2.21 bits per heavy atom. The number of phenols is 1. The Kier molecular flexibility index (Phi) is 13.2. The first kappa shape index (κ1) is 34.5. The molecule has 0 saturated heterocycles. The van der Waals surface area contributed by atoms with Crippen molar-refractivity contribution >= 4 is 23.6 Å². The molecule has 0 aliphatic heterocycles. The number of aryl methyl sites for hydroxylation is 1. The molecule has 0 spiro atoms. The third-order valence-corrected chi connectivity index (χ3v) is 6.69. The lowest BCUT2D eigenvalue weighted by Gasteiger charge is -2.35. The summed E-state index contributed by atoms with van der Waals surface area (Å²) in [5.41, 5.74) is 0.949. The van der Waals surface area contributed by atoms with Gasteiger partial charge in [-0.25, -0.2) is 4.79 Å². The van der Waals surface area contributed by atoms with E-state index in [-0.39, 0.29) is 17.6 Å². The van der Waals surface area contributed by atoms with Crippen molar-refractivity contribution in [3.8, 4) is 11.5 Å². The first-order valence-electron chi connectivity index (χ1n) is 14.8. The van der Waals surface area contributed by atoms with E-state index < -0.39 is 29.7 Å². The van der Waals surface area contributed by atoms with Gasteiger partial charge in [0.1, 0.15) is 29.2 Å². The number of carbonyl (C=O) groups is 3. The van der Waals surface area contributed by atoms with E-state index in [4.69, 9.17) is 9.47 Å². The quantitative estimate of drug-likeness (QED) is 0.212. The van der Waals surface area contributed by atoms with Gasteiger partial charge in [-0.05, 0) is 94.0 Å². The zero-order valence-electron chi connectivity index (χ0n) is 26.5. The molecule has 3 amide bonds. The highest BCUT2D eigenvalue weighted by Gasteiger charge is 2.36. The lowest BCUT2D eigenvalue weighted by molar-refractivity contribution is -0.141. The van der Waals surface area contributed by atoms with Crippen molar-refractivity contribution in [2.24, 2.45) is 5.92 Å². The largest absolute Gasteiger partial charge is 0.508 e. The number of nitrogens with zero attached hydrogens (tertiary/aromatic N) is 1. The highest BCUT2D eigenvalue weighted by Crippen LogP contribution is 2.29. The molecule has 0 aliphatic carbocycles. The van der Waals surface area contributed by atoms with E-state index in [2.05, 4.69) is 17.6 Å². The van der Waals surface area contributed by atoms with Crippen LogP contribution in [0.3, 0.4) is 0 Å². The molecule has 0 radical (unpaired) electrons. The molecule has 0 bridgehead atoms. The molecular formula is C33H49N3O6. The Balaban J connectivity index is 2.56. The van der Waals surface area contributed by atoms with Crippen molar-refractivity contribution in [3.05, 3.63) is 53.6 Å². The summed E-state index contributed by atoms with van der Waals surface area (Å²) in [5.74, 6) is 0.0500. The number of phenolic OH excluding ortho intramolecular Hbond substituents is 1. The van der Waals surface area contributed by atoms with E-state index in [1.165, 1.54) is 6.07 Å². The number of ether oxygens (including phenoxy) is 2. The summed E-state index contributed by atoms with van der Waals surface area (Å²) in [4.78, 5) is 42.8. The van der Waals surface area contributed by atoms with Crippen LogP contribution in [0.25, 0.3) is 0 Å². The van der Waals surface area contributed by atoms with Crippen LogP contribution in [-0.2, 0) is 14.3 Å². The van der Waals surface area contributed by atoms with Crippen LogP contribution in [0.5, 0.6) is 11.5 Å². The van der Waals surface area contributed by atoms with Gasteiger partial charge >= 0.3 is 6.09 Å². The molecule has 2 aromatic rings. The minimum Gasteiger partial charge on any atom is -0.508 e. The Hall–Kier alpha value is -3.75. The Labute approximate surface area is 251 Å². The third-order valence-electron chi connectivity index (χ3n) is 6.69. The van der Waals surface area contributed by atoms with Gasteiger partial charge in [-0.2, -0.15) is 0 Å². The van der Waals surface area contributed by atoms with E-state index in [9.17, 15) is 19.5 Å². The summed E-state index contributed by atoms with van der Waals surface area (Å²) in [5, 5.41) is 16.0. The van der Waals surface area contributed by atoms with E-state index in [1.54, 1.807) is 76.1 Å². The zero-order valence-corrected chi connectivity index (χ0v) is 26.5. The van der Waals surface area contributed by atoms with E-state index >= 15 is 0 Å². The van der Waals surface area contributed by atoms with Crippen molar-refractivity contribution in [2.45, 2.75) is 98.3 Å². The Morgan fingerprint density at radius 1 is 1.00 bits per heavy atom. The van der Waals surface area contributed by atoms with Gasteiger partial charge < -0.3 is 30.1 Å². The number of unbranched alkanes of at least 4 members (excludes halogenated alkanes) is 3. The summed E-state index contributed by atoms with van der Waals surface area (Å²) < 4.78 is 10.7. The predicted molar refractivity (Wildman–Crippen MR) is 166 cm³/mol. The molecule has 0 fully saturated rings. The molecule has 0 saturated carbocycles. The number of benzene rings is 2. The number of nitrogens with one attached hydrogen (secondary N) is 2. The second-order valence-corrected chi connectivity index (χ2v) is 12.1. The van der Waals surface area contributed by atoms with Crippen LogP contribution in [0.15, 0.2) is 42.5 Å². The topological polar surface area (TPSA) is 117 Å². The predicted octanol–water partition coefficient (Wildman–Crippen LogP) is 6.74. The maximum atomic E-state index is 14.4. The number of methoxy groups -OCH3 is 1. The van der Waals surface area contributed by atoms with Gasteiger partial charge in [-0.3, -0.25) is 9.59 Å². The molecule has 0 heterocycles.